The number of anilines is 1. The first kappa shape index (κ1) is 17.0. The number of amidine groups is 1. The van der Waals surface area contributed by atoms with Crippen molar-refractivity contribution in [3.63, 3.8) is 0 Å². The minimum Gasteiger partial charge on any atom is -0.353 e. The summed E-state index contributed by atoms with van der Waals surface area (Å²) < 4.78 is 28.3. The molecule has 0 aromatic heterocycles. The minimum absolute atomic E-state index is 0.0121. The highest BCUT2D eigenvalue weighted by Crippen LogP contribution is 2.28. The lowest BCUT2D eigenvalue weighted by molar-refractivity contribution is -0.122. The van der Waals surface area contributed by atoms with Crippen LogP contribution in [-0.4, -0.2) is 26.2 Å². The van der Waals surface area contributed by atoms with Gasteiger partial charge in [-0.1, -0.05) is 31.9 Å². The van der Waals surface area contributed by atoms with E-state index in [-0.39, 0.29) is 16.7 Å². The number of hydrogen-bond acceptors (Lipinski definition) is 4. The van der Waals surface area contributed by atoms with Gasteiger partial charge in [0.25, 0.3) is 10.0 Å². The predicted molar refractivity (Wildman–Crippen MR) is 93.5 cm³/mol. The highest BCUT2D eigenvalue weighted by Gasteiger charge is 2.25. The van der Waals surface area contributed by atoms with E-state index in [4.69, 9.17) is 0 Å². The summed E-state index contributed by atoms with van der Waals surface area (Å²) in [4.78, 5) is 12.3. The second-order valence-corrected chi connectivity index (χ2v) is 8.27. The van der Waals surface area contributed by atoms with Crippen molar-refractivity contribution in [1.29, 1.82) is 0 Å². The highest BCUT2D eigenvalue weighted by molar-refractivity contribution is 7.90. The summed E-state index contributed by atoms with van der Waals surface area (Å²) in [7, 11) is -3.66. The Morgan fingerprint density at radius 2 is 2.04 bits per heavy atom. The van der Waals surface area contributed by atoms with Gasteiger partial charge >= 0.3 is 0 Å². The van der Waals surface area contributed by atoms with Gasteiger partial charge in [-0.2, -0.15) is 8.42 Å². The zero-order chi connectivity index (χ0) is 17.2. The molecule has 0 bridgehead atoms. The van der Waals surface area contributed by atoms with Gasteiger partial charge in [0.05, 0.1) is 5.69 Å². The van der Waals surface area contributed by atoms with Crippen molar-refractivity contribution in [2.24, 2.45) is 10.3 Å². The largest absolute Gasteiger partial charge is 0.353 e. The summed E-state index contributed by atoms with van der Waals surface area (Å²) in [6.45, 7) is 1.94. The minimum atomic E-state index is -3.66. The average molecular weight is 349 g/mol. The lowest BCUT2D eigenvalue weighted by Gasteiger charge is -2.20. The van der Waals surface area contributed by atoms with Crippen LogP contribution < -0.4 is 10.6 Å². The molecule has 1 aromatic carbocycles. The number of amides is 1. The number of nitrogens with one attached hydrogen (secondary N) is 2. The summed E-state index contributed by atoms with van der Waals surface area (Å²) in [6, 6.07) is 7.02. The second-order valence-electron chi connectivity index (χ2n) is 6.70. The van der Waals surface area contributed by atoms with Crippen LogP contribution in [0.4, 0.5) is 5.69 Å². The Kier molecular flexibility index (Phi) is 4.89. The summed E-state index contributed by atoms with van der Waals surface area (Å²) in [5.41, 5.74) is 0.546. The Labute approximate surface area is 142 Å². The van der Waals surface area contributed by atoms with Crippen molar-refractivity contribution >= 4 is 27.5 Å². The molecule has 24 heavy (non-hydrogen) atoms. The van der Waals surface area contributed by atoms with Gasteiger partial charge < -0.3 is 10.6 Å². The van der Waals surface area contributed by atoms with Gasteiger partial charge in [-0.3, -0.25) is 4.79 Å². The van der Waals surface area contributed by atoms with Crippen LogP contribution in [0.25, 0.3) is 0 Å². The molecular formula is C17H23N3O3S. The normalized spacial score (nSPS) is 20.6. The van der Waals surface area contributed by atoms with Crippen LogP contribution >= 0.6 is 0 Å². The Balaban J connectivity index is 1.59. The van der Waals surface area contributed by atoms with E-state index < -0.39 is 10.0 Å². The summed E-state index contributed by atoms with van der Waals surface area (Å²) in [5.74, 6) is 0.446. The molecule has 1 heterocycles. The van der Waals surface area contributed by atoms with E-state index in [2.05, 4.69) is 15.0 Å². The van der Waals surface area contributed by atoms with E-state index in [0.717, 1.165) is 12.8 Å². The van der Waals surface area contributed by atoms with Gasteiger partial charge in [-0.15, -0.1) is 4.40 Å². The van der Waals surface area contributed by atoms with Crippen molar-refractivity contribution < 1.29 is 13.2 Å². The molecule has 1 amide bonds. The molecule has 0 saturated heterocycles. The number of benzene rings is 1. The van der Waals surface area contributed by atoms with Crippen molar-refractivity contribution in [2.75, 3.05) is 5.32 Å². The lowest BCUT2D eigenvalue weighted by Crippen LogP contribution is -2.34. The smallest absolute Gasteiger partial charge is 0.286 e. The van der Waals surface area contributed by atoms with Gasteiger partial charge in [-0.25, -0.2) is 0 Å². The molecule has 1 aliphatic carbocycles. The molecule has 2 aliphatic rings. The van der Waals surface area contributed by atoms with Crippen LogP contribution in [0.15, 0.2) is 33.6 Å². The number of carbonyl (C=O) groups is 1. The fourth-order valence-corrected chi connectivity index (χ4v) is 4.49. The lowest BCUT2D eigenvalue weighted by atomic mass is 10.0. The molecular weight excluding hydrogens is 326 g/mol. The molecule has 130 valence electrons. The molecule has 1 aromatic rings. The number of para-hydroxylation sites is 1. The van der Waals surface area contributed by atoms with E-state index in [1.54, 1.807) is 18.2 Å². The molecule has 0 unspecified atom stereocenters. The van der Waals surface area contributed by atoms with E-state index in [9.17, 15) is 13.2 Å². The number of rotatable bonds is 5. The van der Waals surface area contributed by atoms with E-state index >= 15 is 0 Å². The first-order chi connectivity index (χ1) is 11.4. The van der Waals surface area contributed by atoms with Crippen LogP contribution in [0.5, 0.6) is 0 Å². The van der Waals surface area contributed by atoms with Gasteiger partial charge in [0.2, 0.25) is 5.91 Å². The summed E-state index contributed by atoms with van der Waals surface area (Å²) in [5, 5.41) is 6.13. The molecule has 1 aliphatic heterocycles. The van der Waals surface area contributed by atoms with Crippen LogP contribution in [0.1, 0.15) is 45.4 Å². The van der Waals surface area contributed by atoms with Crippen molar-refractivity contribution in [3.05, 3.63) is 24.3 Å². The van der Waals surface area contributed by atoms with E-state index in [1.165, 1.54) is 18.9 Å². The highest BCUT2D eigenvalue weighted by atomic mass is 32.2. The maximum atomic E-state index is 12.2. The Hall–Kier alpha value is -1.89. The average Bonchev–Trinajstić information content (AvgIpc) is 2.99. The molecule has 1 atom stereocenters. The number of carbonyl (C=O) groups excluding carboxylic acids is 1. The van der Waals surface area contributed by atoms with Crippen LogP contribution in [-0.2, 0) is 14.8 Å². The van der Waals surface area contributed by atoms with E-state index in [0.29, 0.717) is 30.4 Å². The topological polar surface area (TPSA) is 87.6 Å². The molecule has 0 radical (unpaired) electrons. The van der Waals surface area contributed by atoms with Crippen molar-refractivity contribution in [1.82, 2.24) is 5.32 Å². The van der Waals surface area contributed by atoms with E-state index in [1.807, 2.05) is 6.92 Å². The van der Waals surface area contributed by atoms with Crippen molar-refractivity contribution in [2.45, 2.75) is 56.4 Å². The van der Waals surface area contributed by atoms with Crippen LogP contribution in [0, 0.1) is 5.92 Å². The predicted octanol–water partition coefficient (Wildman–Crippen LogP) is 2.67. The van der Waals surface area contributed by atoms with Gasteiger partial charge in [0.1, 0.15) is 10.7 Å². The second kappa shape index (κ2) is 6.93. The number of hydrogen-bond donors (Lipinski definition) is 2. The fraction of sp³-hybridized carbons (Fsp3) is 0.529. The summed E-state index contributed by atoms with van der Waals surface area (Å²) in [6.07, 6.45) is 5.27. The van der Waals surface area contributed by atoms with Gasteiger partial charge in [0, 0.05) is 18.9 Å². The number of nitrogens with zero attached hydrogens (tertiary/aromatic N) is 1. The number of fused-ring (bicyclic) bond motifs is 1. The molecule has 2 N–H and O–H groups in total. The SMILES string of the molecule is C[C@@H](CC(=O)NC1CCCC1)CC1=NS(=O)(=O)c2ccccc2N1. The van der Waals surface area contributed by atoms with Crippen LogP contribution in [0.2, 0.25) is 0 Å². The molecule has 0 spiro atoms. The molecule has 1 fully saturated rings. The zero-order valence-corrected chi connectivity index (χ0v) is 14.6. The molecule has 7 heteroatoms. The molecule has 1 saturated carbocycles. The van der Waals surface area contributed by atoms with Crippen molar-refractivity contribution in [3.8, 4) is 0 Å². The summed E-state index contributed by atoms with van der Waals surface area (Å²) >= 11 is 0. The Morgan fingerprint density at radius 3 is 2.79 bits per heavy atom. The molecule has 6 nitrogen and oxygen atoms in total. The third-order valence-corrected chi connectivity index (χ3v) is 5.84. The quantitative estimate of drug-likeness (QED) is 0.855. The maximum absolute atomic E-state index is 12.2. The third kappa shape index (κ3) is 3.95. The van der Waals surface area contributed by atoms with Crippen LogP contribution in [0.3, 0.4) is 0 Å². The zero-order valence-electron chi connectivity index (χ0n) is 13.8. The Bertz CT molecular complexity index is 752. The van der Waals surface area contributed by atoms with Gasteiger partial charge in [0.15, 0.2) is 0 Å². The number of sulfonamides is 1. The maximum Gasteiger partial charge on any atom is 0.286 e. The monoisotopic (exact) mass is 349 g/mol. The third-order valence-electron chi connectivity index (χ3n) is 4.47. The first-order valence-electron chi connectivity index (χ1n) is 8.43. The van der Waals surface area contributed by atoms with Gasteiger partial charge in [-0.05, 0) is 30.9 Å². The molecule has 3 rings (SSSR count). The Morgan fingerprint density at radius 1 is 1.33 bits per heavy atom. The first-order valence-corrected chi connectivity index (χ1v) is 9.87. The standard InChI is InChI=1S/C17H23N3O3S/c1-12(11-17(21)18-13-6-2-3-7-13)10-16-19-14-8-4-5-9-15(14)24(22,23)20-16/h4-5,8-9,12-13H,2-3,6-7,10-11H2,1H3,(H,18,21)(H,19,20)/t12-/m1/s1. The fourth-order valence-electron chi connectivity index (χ4n) is 3.33.